The van der Waals surface area contributed by atoms with E-state index < -0.39 is 6.04 Å². The summed E-state index contributed by atoms with van der Waals surface area (Å²) in [4.78, 5) is 28.1. The number of hydrogen-bond donors (Lipinski definition) is 2. The summed E-state index contributed by atoms with van der Waals surface area (Å²) in [6.45, 7) is 14.7. The monoisotopic (exact) mass is 441 g/mol. The highest BCUT2D eigenvalue weighted by atomic mass is 32.2. The lowest BCUT2D eigenvalue weighted by molar-refractivity contribution is -0.132. The third-order valence-electron chi connectivity index (χ3n) is 6.01. The van der Waals surface area contributed by atoms with Crippen molar-refractivity contribution >= 4 is 23.6 Å². The van der Waals surface area contributed by atoms with Crippen molar-refractivity contribution in [3.05, 3.63) is 0 Å². The molecule has 30 heavy (non-hydrogen) atoms. The van der Waals surface area contributed by atoms with Crippen LogP contribution in [0, 0.1) is 23.7 Å². The molecule has 0 aromatic heterocycles. The SMILES string of the molecule is CCC1CCC(C(=O)N[C@H](CCSC)C(=O)NCCN(CC(C)C)CC(C)C)CC1. The predicted molar refractivity (Wildman–Crippen MR) is 130 cm³/mol. The van der Waals surface area contributed by atoms with E-state index in [-0.39, 0.29) is 17.7 Å². The Morgan fingerprint density at radius 2 is 1.63 bits per heavy atom. The van der Waals surface area contributed by atoms with Gasteiger partial charge in [0.05, 0.1) is 0 Å². The van der Waals surface area contributed by atoms with E-state index >= 15 is 0 Å². The van der Waals surface area contributed by atoms with Gasteiger partial charge in [0, 0.05) is 32.1 Å². The maximum Gasteiger partial charge on any atom is 0.242 e. The summed E-state index contributed by atoms with van der Waals surface area (Å²) < 4.78 is 0. The van der Waals surface area contributed by atoms with Crippen molar-refractivity contribution in [1.82, 2.24) is 15.5 Å². The lowest BCUT2D eigenvalue weighted by atomic mass is 9.80. The van der Waals surface area contributed by atoms with Crippen molar-refractivity contribution in [1.29, 1.82) is 0 Å². The highest BCUT2D eigenvalue weighted by molar-refractivity contribution is 7.98. The molecular formula is C24H47N3O2S. The zero-order valence-corrected chi connectivity index (χ0v) is 21.2. The van der Waals surface area contributed by atoms with Crippen molar-refractivity contribution in [3.63, 3.8) is 0 Å². The zero-order valence-electron chi connectivity index (χ0n) is 20.3. The summed E-state index contributed by atoms with van der Waals surface area (Å²) in [5.74, 6) is 2.97. The fourth-order valence-electron chi connectivity index (χ4n) is 4.38. The molecule has 1 atom stereocenters. The van der Waals surface area contributed by atoms with Gasteiger partial charge >= 0.3 is 0 Å². The first-order chi connectivity index (χ1) is 14.3. The molecule has 6 heteroatoms. The van der Waals surface area contributed by atoms with Gasteiger partial charge in [0.15, 0.2) is 0 Å². The van der Waals surface area contributed by atoms with Crippen molar-refractivity contribution in [3.8, 4) is 0 Å². The van der Waals surface area contributed by atoms with Crippen LogP contribution in [0.1, 0.15) is 73.1 Å². The van der Waals surface area contributed by atoms with E-state index in [9.17, 15) is 9.59 Å². The fraction of sp³-hybridized carbons (Fsp3) is 0.917. The summed E-state index contributed by atoms with van der Waals surface area (Å²) in [5.41, 5.74) is 0. The Morgan fingerprint density at radius 1 is 1.03 bits per heavy atom. The number of hydrogen-bond acceptors (Lipinski definition) is 4. The summed E-state index contributed by atoms with van der Waals surface area (Å²) in [6, 6.07) is -0.419. The predicted octanol–water partition coefficient (Wildman–Crippen LogP) is 4.17. The second-order valence-electron chi connectivity index (χ2n) is 9.81. The van der Waals surface area contributed by atoms with Gasteiger partial charge in [-0.25, -0.2) is 0 Å². The zero-order chi connectivity index (χ0) is 22.5. The second-order valence-corrected chi connectivity index (χ2v) is 10.8. The number of rotatable bonds is 14. The van der Waals surface area contributed by atoms with Crippen LogP contribution in [0.2, 0.25) is 0 Å². The van der Waals surface area contributed by atoms with Gasteiger partial charge in [-0.05, 0) is 61.9 Å². The van der Waals surface area contributed by atoms with Gasteiger partial charge in [0.25, 0.3) is 0 Å². The maximum absolute atomic E-state index is 12.8. The molecule has 0 aromatic carbocycles. The number of nitrogens with one attached hydrogen (secondary N) is 2. The van der Waals surface area contributed by atoms with Crippen LogP contribution in [-0.4, -0.2) is 60.9 Å². The quantitative estimate of drug-likeness (QED) is 0.425. The second kappa shape index (κ2) is 15.1. The van der Waals surface area contributed by atoms with E-state index in [4.69, 9.17) is 0 Å². The average Bonchev–Trinajstić information content (AvgIpc) is 2.69. The normalized spacial score (nSPS) is 20.6. The molecule has 176 valence electrons. The number of carbonyl (C=O) groups excluding carboxylic acids is 2. The van der Waals surface area contributed by atoms with Crippen molar-refractivity contribution in [2.24, 2.45) is 23.7 Å². The lowest BCUT2D eigenvalue weighted by Gasteiger charge is -2.29. The van der Waals surface area contributed by atoms with Crippen molar-refractivity contribution in [2.45, 2.75) is 79.2 Å². The topological polar surface area (TPSA) is 61.4 Å². The van der Waals surface area contributed by atoms with E-state index in [0.29, 0.717) is 24.8 Å². The van der Waals surface area contributed by atoms with Crippen LogP contribution in [0.15, 0.2) is 0 Å². The van der Waals surface area contributed by atoms with E-state index in [2.05, 4.69) is 50.2 Å². The summed E-state index contributed by atoms with van der Waals surface area (Å²) in [5, 5.41) is 6.17. The van der Waals surface area contributed by atoms with Gasteiger partial charge in [0.2, 0.25) is 11.8 Å². The van der Waals surface area contributed by atoms with E-state index in [1.54, 1.807) is 11.8 Å². The van der Waals surface area contributed by atoms with Gasteiger partial charge in [-0.1, -0.05) is 41.0 Å². The van der Waals surface area contributed by atoms with E-state index in [1.807, 2.05) is 6.26 Å². The Balaban J connectivity index is 2.53. The maximum atomic E-state index is 12.8. The molecule has 0 saturated heterocycles. The van der Waals surface area contributed by atoms with Crippen LogP contribution >= 0.6 is 11.8 Å². The van der Waals surface area contributed by atoms with Crippen molar-refractivity contribution < 1.29 is 9.59 Å². The molecule has 1 rings (SSSR count). The Labute approximate surface area is 189 Å². The molecule has 0 unspecified atom stereocenters. The summed E-state index contributed by atoms with van der Waals surface area (Å²) in [7, 11) is 0. The molecule has 1 fully saturated rings. The van der Waals surface area contributed by atoms with Gasteiger partial charge in [-0.15, -0.1) is 0 Å². The molecule has 0 heterocycles. The molecule has 0 aromatic rings. The first-order valence-electron chi connectivity index (χ1n) is 12.1. The van der Waals surface area contributed by atoms with Crippen LogP contribution in [0.25, 0.3) is 0 Å². The Kier molecular flexibility index (Phi) is 13.7. The molecule has 1 aliphatic carbocycles. The standard InChI is InChI=1S/C24H47N3O2S/c1-7-20-8-10-21(11-9-20)23(28)26-22(12-15-30-6)24(29)25-13-14-27(16-18(2)3)17-19(4)5/h18-22H,7-17H2,1-6H3,(H,25,29)(H,26,28)/t20?,21?,22-/m1/s1. The van der Waals surface area contributed by atoms with E-state index in [0.717, 1.165) is 57.0 Å². The Bertz CT molecular complexity index is 481. The number of carbonyl (C=O) groups is 2. The third-order valence-corrected chi connectivity index (χ3v) is 6.66. The minimum atomic E-state index is -0.419. The summed E-state index contributed by atoms with van der Waals surface area (Å²) in [6.07, 6.45) is 8.12. The highest BCUT2D eigenvalue weighted by Crippen LogP contribution is 2.30. The molecular weight excluding hydrogens is 394 g/mol. The van der Waals surface area contributed by atoms with Gasteiger partial charge in [-0.3, -0.25) is 9.59 Å². The molecule has 0 bridgehead atoms. The van der Waals surface area contributed by atoms with Crippen LogP contribution < -0.4 is 10.6 Å². The third kappa shape index (κ3) is 11.0. The number of nitrogens with zero attached hydrogens (tertiary/aromatic N) is 1. The molecule has 0 spiro atoms. The van der Waals surface area contributed by atoms with Crippen LogP contribution in [0.5, 0.6) is 0 Å². The van der Waals surface area contributed by atoms with Gasteiger partial charge in [-0.2, -0.15) is 11.8 Å². The first kappa shape index (κ1) is 27.3. The average molecular weight is 442 g/mol. The van der Waals surface area contributed by atoms with Crippen LogP contribution in [0.4, 0.5) is 0 Å². The highest BCUT2D eigenvalue weighted by Gasteiger charge is 2.28. The van der Waals surface area contributed by atoms with Crippen LogP contribution in [0.3, 0.4) is 0 Å². The Hall–Kier alpha value is -0.750. The molecule has 2 N–H and O–H groups in total. The smallest absolute Gasteiger partial charge is 0.242 e. The molecule has 5 nitrogen and oxygen atoms in total. The van der Waals surface area contributed by atoms with Gasteiger partial charge < -0.3 is 15.5 Å². The minimum absolute atomic E-state index is 0.0336. The Morgan fingerprint density at radius 3 is 2.13 bits per heavy atom. The minimum Gasteiger partial charge on any atom is -0.353 e. The molecule has 1 aliphatic rings. The van der Waals surface area contributed by atoms with Crippen molar-refractivity contribution in [2.75, 3.05) is 38.2 Å². The molecule has 1 saturated carbocycles. The number of amides is 2. The summed E-state index contributed by atoms with van der Waals surface area (Å²) >= 11 is 1.72. The largest absolute Gasteiger partial charge is 0.353 e. The molecule has 2 amide bonds. The lowest BCUT2D eigenvalue weighted by Crippen LogP contribution is -2.50. The fourth-order valence-corrected chi connectivity index (χ4v) is 4.85. The van der Waals surface area contributed by atoms with Crippen LogP contribution in [-0.2, 0) is 9.59 Å². The van der Waals surface area contributed by atoms with E-state index in [1.165, 1.54) is 6.42 Å². The number of thioether (sulfide) groups is 1. The van der Waals surface area contributed by atoms with Gasteiger partial charge in [0.1, 0.15) is 6.04 Å². The molecule has 0 radical (unpaired) electrons. The molecule has 0 aliphatic heterocycles. The first-order valence-corrected chi connectivity index (χ1v) is 13.4.